The third-order valence-corrected chi connectivity index (χ3v) is 6.33. The van der Waals surface area contributed by atoms with Crippen molar-refractivity contribution < 1.29 is 9.18 Å². The van der Waals surface area contributed by atoms with Gasteiger partial charge in [-0.15, -0.1) is 0 Å². The summed E-state index contributed by atoms with van der Waals surface area (Å²) in [6.07, 6.45) is 0. The number of carbonyl (C=O) groups excluding carboxylic acids is 1. The Morgan fingerprint density at radius 2 is 1.85 bits per heavy atom. The molecule has 1 amide bonds. The zero-order valence-electron chi connectivity index (χ0n) is 19.8. The predicted molar refractivity (Wildman–Crippen MR) is 127 cm³/mol. The van der Waals surface area contributed by atoms with Crippen LogP contribution in [0.3, 0.4) is 0 Å². The van der Waals surface area contributed by atoms with Crippen LogP contribution in [0.2, 0.25) is 0 Å². The molecule has 3 rings (SSSR count). The summed E-state index contributed by atoms with van der Waals surface area (Å²) in [6, 6.07) is 6.09. The summed E-state index contributed by atoms with van der Waals surface area (Å²) in [4.78, 5) is 49.1. The Bertz CT molecular complexity index is 1340. The van der Waals surface area contributed by atoms with Crippen molar-refractivity contribution in [2.24, 2.45) is 14.1 Å². The molecule has 1 atom stereocenters. The number of rotatable bonds is 5. The highest BCUT2D eigenvalue weighted by atomic mass is 32.2. The summed E-state index contributed by atoms with van der Waals surface area (Å²) in [6.45, 7) is 7.77. The fourth-order valence-electron chi connectivity index (χ4n) is 3.36. The van der Waals surface area contributed by atoms with Gasteiger partial charge in [0.15, 0.2) is 5.65 Å². The van der Waals surface area contributed by atoms with Crippen LogP contribution in [0.25, 0.3) is 11.0 Å². The number of fused-ring (bicyclic) bond motifs is 1. The van der Waals surface area contributed by atoms with Crippen molar-refractivity contribution in [3.8, 4) is 0 Å². The molecule has 0 bridgehead atoms. The highest BCUT2D eigenvalue weighted by Gasteiger charge is 2.27. The number of carbonyl (C=O) groups is 1. The van der Waals surface area contributed by atoms with Gasteiger partial charge in [0.25, 0.3) is 5.56 Å². The SMILES string of the molecule is CC(Sc1nc(C(C)(C)C)nc2c1c(=O)n(C)c(=O)n2C)C(=O)N(C)Cc1cccc(F)c1. The van der Waals surface area contributed by atoms with Gasteiger partial charge in [0.2, 0.25) is 5.91 Å². The van der Waals surface area contributed by atoms with E-state index < -0.39 is 21.9 Å². The molecular weight excluding hydrogens is 445 g/mol. The number of benzene rings is 1. The normalized spacial score (nSPS) is 12.7. The molecule has 8 nitrogen and oxygen atoms in total. The lowest BCUT2D eigenvalue weighted by Crippen LogP contribution is -2.38. The minimum absolute atomic E-state index is 0.199. The Balaban J connectivity index is 2.02. The van der Waals surface area contributed by atoms with Crippen molar-refractivity contribution in [3.63, 3.8) is 0 Å². The molecule has 176 valence electrons. The van der Waals surface area contributed by atoms with Gasteiger partial charge in [0, 0.05) is 33.1 Å². The van der Waals surface area contributed by atoms with Gasteiger partial charge in [-0.25, -0.2) is 19.2 Å². The minimum atomic E-state index is -0.587. The lowest BCUT2D eigenvalue weighted by molar-refractivity contribution is -0.129. The van der Waals surface area contributed by atoms with Gasteiger partial charge in [0.05, 0.1) is 5.25 Å². The Hall–Kier alpha value is -3.01. The summed E-state index contributed by atoms with van der Waals surface area (Å²) < 4.78 is 15.8. The third-order valence-electron chi connectivity index (χ3n) is 5.26. The fourth-order valence-corrected chi connectivity index (χ4v) is 4.42. The number of thioether (sulfide) groups is 1. The molecule has 0 fully saturated rings. The lowest BCUT2D eigenvalue weighted by Gasteiger charge is -2.23. The molecule has 0 aliphatic heterocycles. The van der Waals surface area contributed by atoms with E-state index in [4.69, 9.17) is 0 Å². The molecule has 0 radical (unpaired) electrons. The molecule has 0 saturated carbocycles. The van der Waals surface area contributed by atoms with Crippen LogP contribution in [0, 0.1) is 5.82 Å². The van der Waals surface area contributed by atoms with Crippen LogP contribution in [0.4, 0.5) is 4.39 Å². The van der Waals surface area contributed by atoms with Crippen LogP contribution in [0.1, 0.15) is 39.1 Å². The summed E-state index contributed by atoms with van der Waals surface area (Å²) in [5.74, 6) is -0.0945. The van der Waals surface area contributed by atoms with Crippen molar-refractivity contribution in [3.05, 3.63) is 62.3 Å². The first kappa shape index (κ1) is 24.6. The molecule has 0 spiro atoms. The molecule has 3 aromatic rings. The first-order chi connectivity index (χ1) is 15.3. The number of hydrogen-bond donors (Lipinski definition) is 0. The predicted octanol–water partition coefficient (Wildman–Crippen LogP) is 2.60. The number of hydrogen-bond acceptors (Lipinski definition) is 6. The summed E-state index contributed by atoms with van der Waals surface area (Å²) >= 11 is 1.15. The molecule has 2 aromatic heterocycles. The molecular formula is C23H28FN5O3S. The smallest absolute Gasteiger partial charge is 0.332 e. The Morgan fingerprint density at radius 3 is 2.45 bits per heavy atom. The maximum absolute atomic E-state index is 13.5. The number of nitrogens with zero attached hydrogens (tertiary/aromatic N) is 5. The molecule has 33 heavy (non-hydrogen) atoms. The van der Waals surface area contributed by atoms with Crippen molar-refractivity contribution in [1.29, 1.82) is 0 Å². The Kier molecular flexibility index (Phi) is 6.78. The quantitative estimate of drug-likeness (QED) is 0.418. The number of halogens is 1. The van der Waals surface area contributed by atoms with Crippen molar-refractivity contribution in [2.75, 3.05) is 7.05 Å². The monoisotopic (exact) mass is 473 g/mol. The molecule has 0 aliphatic carbocycles. The van der Waals surface area contributed by atoms with E-state index in [1.165, 1.54) is 28.6 Å². The molecule has 1 unspecified atom stereocenters. The fraction of sp³-hybridized carbons (Fsp3) is 0.435. The van der Waals surface area contributed by atoms with Crippen LogP contribution in [-0.2, 0) is 30.8 Å². The topological polar surface area (TPSA) is 90.1 Å². The summed E-state index contributed by atoms with van der Waals surface area (Å²) in [5, 5.41) is -0.0393. The van der Waals surface area contributed by atoms with E-state index >= 15 is 0 Å². The van der Waals surface area contributed by atoms with Gasteiger partial charge in [-0.3, -0.25) is 18.7 Å². The van der Waals surface area contributed by atoms with E-state index in [0.29, 0.717) is 16.4 Å². The van der Waals surface area contributed by atoms with Crippen LogP contribution in [0.5, 0.6) is 0 Å². The first-order valence-corrected chi connectivity index (χ1v) is 11.3. The van der Waals surface area contributed by atoms with Crippen LogP contribution >= 0.6 is 11.8 Å². The molecule has 0 saturated heterocycles. The maximum atomic E-state index is 13.5. The van der Waals surface area contributed by atoms with E-state index in [0.717, 1.165) is 16.3 Å². The van der Waals surface area contributed by atoms with Gasteiger partial charge in [-0.05, 0) is 24.6 Å². The summed E-state index contributed by atoms with van der Waals surface area (Å²) in [5.41, 5.74) is -0.528. The van der Waals surface area contributed by atoms with E-state index in [1.54, 1.807) is 33.2 Å². The lowest BCUT2D eigenvalue weighted by atomic mass is 9.96. The van der Waals surface area contributed by atoms with Crippen LogP contribution in [-0.4, -0.2) is 42.2 Å². The average Bonchev–Trinajstić information content (AvgIpc) is 2.74. The van der Waals surface area contributed by atoms with E-state index in [-0.39, 0.29) is 29.3 Å². The molecule has 10 heteroatoms. The highest BCUT2D eigenvalue weighted by Crippen LogP contribution is 2.30. The van der Waals surface area contributed by atoms with Crippen molar-refractivity contribution in [1.82, 2.24) is 24.0 Å². The van der Waals surface area contributed by atoms with Gasteiger partial charge < -0.3 is 4.90 Å². The average molecular weight is 474 g/mol. The number of aryl methyl sites for hydroxylation is 1. The minimum Gasteiger partial charge on any atom is -0.340 e. The zero-order chi connectivity index (χ0) is 24.7. The molecule has 2 heterocycles. The molecule has 0 N–H and O–H groups in total. The van der Waals surface area contributed by atoms with Crippen molar-refractivity contribution >= 4 is 28.7 Å². The van der Waals surface area contributed by atoms with Gasteiger partial charge in [-0.2, -0.15) is 0 Å². The second-order valence-electron chi connectivity index (χ2n) is 9.09. The standard InChI is InChI=1S/C23H28FN5O3S/c1-13(19(30)27(5)12-14-9-8-10-15(24)11-14)33-18-16-17(25-21(26-18)23(2,3)4)28(6)22(32)29(7)20(16)31/h8-11,13H,12H2,1-7H3. The molecule has 1 aromatic carbocycles. The zero-order valence-corrected chi connectivity index (χ0v) is 20.7. The van der Waals surface area contributed by atoms with Crippen LogP contribution in [0.15, 0.2) is 38.9 Å². The van der Waals surface area contributed by atoms with Gasteiger partial charge in [0.1, 0.15) is 22.1 Å². The van der Waals surface area contributed by atoms with Crippen molar-refractivity contribution in [2.45, 2.75) is 49.9 Å². The number of amides is 1. The maximum Gasteiger partial charge on any atom is 0.332 e. The van der Waals surface area contributed by atoms with E-state index in [2.05, 4.69) is 9.97 Å². The van der Waals surface area contributed by atoms with E-state index in [9.17, 15) is 18.8 Å². The number of aromatic nitrogens is 4. The largest absolute Gasteiger partial charge is 0.340 e. The van der Waals surface area contributed by atoms with E-state index in [1.807, 2.05) is 20.8 Å². The second kappa shape index (κ2) is 9.09. The van der Waals surface area contributed by atoms with Crippen LogP contribution < -0.4 is 11.2 Å². The second-order valence-corrected chi connectivity index (χ2v) is 10.4. The van der Waals surface area contributed by atoms with Gasteiger partial charge in [-0.1, -0.05) is 44.7 Å². The van der Waals surface area contributed by atoms with Gasteiger partial charge >= 0.3 is 5.69 Å². The first-order valence-electron chi connectivity index (χ1n) is 10.5. The Morgan fingerprint density at radius 1 is 1.18 bits per heavy atom. The Labute approximate surface area is 195 Å². The third kappa shape index (κ3) is 5.00. The highest BCUT2D eigenvalue weighted by molar-refractivity contribution is 8.00. The molecule has 0 aliphatic rings. The summed E-state index contributed by atoms with van der Waals surface area (Å²) in [7, 11) is 4.60.